The lowest BCUT2D eigenvalue weighted by atomic mass is 10.2. The van der Waals surface area contributed by atoms with Gasteiger partial charge in [0, 0.05) is 11.3 Å². The summed E-state index contributed by atoms with van der Waals surface area (Å²) in [7, 11) is 0. The van der Waals surface area contributed by atoms with Gasteiger partial charge in [-0.3, -0.25) is 4.79 Å². The minimum absolute atomic E-state index is 0.119. The molecule has 140 valence electrons. The predicted molar refractivity (Wildman–Crippen MR) is 107 cm³/mol. The second kappa shape index (κ2) is 7.77. The largest absolute Gasteiger partial charge is 0.325 e. The highest BCUT2D eigenvalue weighted by molar-refractivity contribution is 7.99. The molecule has 6 nitrogen and oxygen atoms in total. The Kier molecular flexibility index (Phi) is 5.03. The van der Waals surface area contributed by atoms with Gasteiger partial charge < -0.3 is 5.32 Å². The summed E-state index contributed by atoms with van der Waals surface area (Å²) in [6, 6.07) is 17.3. The van der Waals surface area contributed by atoms with Crippen LogP contribution in [0.5, 0.6) is 0 Å². The molecule has 0 saturated heterocycles. The number of carbonyl (C=O) groups excluding carboxylic acids is 1. The fourth-order valence-electron chi connectivity index (χ4n) is 2.72. The Labute approximate surface area is 164 Å². The number of amides is 1. The van der Waals surface area contributed by atoms with Gasteiger partial charge in [-0.1, -0.05) is 36.0 Å². The molecule has 2 heterocycles. The van der Waals surface area contributed by atoms with Crippen LogP contribution in [-0.4, -0.2) is 31.5 Å². The molecule has 2 aromatic heterocycles. The van der Waals surface area contributed by atoms with Crippen molar-refractivity contribution in [3.63, 3.8) is 0 Å². The Bertz CT molecular complexity index is 1160. The molecule has 4 aromatic rings. The number of hydrogen-bond acceptors (Lipinski definition) is 5. The highest BCUT2D eigenvalue weighted by Gasteiger charge is 2.12. The summed E-state index contributed by atoms with van der Waals surface area (Å²) >= 11 is 1.30. The van der Waals surface area contributed by atoms with Crippen molar-refractivity contribution in [2.45, 2.75) is 11.9 Å². The van der Waals surface area contributed by atoms with Crippen LogP contribution in [0.3, 0.4) is 0 Å². The summed E-state index contributed by atoms with van der Waals surface area (Å²) in [6.45, 7) is 1.97. The summed E-state index contributed by atoms with van der Waals surface area (Å²) in [5.41, 5.74) is 2.98. The second-order valence-corrected chi connectivity index (χ2v) is 7.18. The zero-order chi connectivity index (χ0) is 19.5. The summed E-state index contributed by atoms with van der Waals surface area (Å²) in [5.74, 6) is 0.185. The van der Waals surface area contributed by atoms with Gasteiger partial charge in [-0.25, -0.2) is 4.39 Å². The molecule has 1 N–H and O–H groups in total. The minimum atomic E-state index is -0.354. The van der Waals surface area contributed by atoms with Gasteiger partial charge in [-0.05, 0) is 48.9 Å². The third kappa shape index (κ3) is 4.01. The number of hydrogen-bond donors (Lipinski definition) is 1. The number of carbonyl (C=O) groups is 1. The van der Waals surface area contributed by atoms with Crippen molar-refractivity contribution >= 4 is 29.0 Å². The molecule has 0 bridgehead atoms. The smallest absolute Gasteiger partial charge is 0.234 e. The van der Waals surface area contributed by atoms with Crippen molar-refractivity contribution in [1.82, 2.24) is 19.8 Å². The molecule has 0 spiro atoms. The molecule has 0 aliphatic rings. The molecular formula is C20H16FN5OS. The Morgan fingerprint density at radius 3 is 2.79 bits per heavy atom. The van der Waals surface area contributed by atoms with E-state index in [9.17, 15) is 9.18 Å². The normalized spacial score (nSPS) is 10.9. The number of rotatable bonds is 5. The van der Waals surface area contributed by atoms with E-state index in [0.717, 1.165) is 11.3 Å². The molecule has 0 aliphatic carbocycles. The van der Waals surface area contributed by atoms with Gasteiger partial charge >= 0.3 is 0 Å². The van der Waals surface area contributed by atoms with Crippen molar-refractivity contribution in [3.05, 3.63) is 72.0 Å². The number of nitrogens with zero attached hydrogens (tertiary/aromatic N) is 4. The van der Waals surface area contributed by atoms with Gasteiger partial charge in [0.05, 0.1) is 5.75 Å². The standard InChI is InChI=1S/C20H16FN5OS/c1-13-4-2-7-16(10-13)22-18(27)12-28-19-9-8-17-23-24-20(26(17)25-19)14-5-3-6-15(21)11-14/h2-11H,12H2,1H3,(H,22,27). The minimum Gasteiger partial charge on any atom is -0.325 e. The van der Waals surface area contributed by atoms with Gasteiger partial charge in [0.15, 0.2) is 11.5 Å². The molecule has 1 amide bonds. The van der Waals surface area contributed by atoms with Crippen LogP contribution in [0.25, 0.3) is 17.0 Å². The molecule has 0 aliphatic heterocycles. The first-order chi connectivity index (χ1) is 13.6. The third-order valence-electron chi connectivity index (χ3n) is 3.97. The zero-order valence-corrected chi connectivity index (χ0v) is 15.8. The van der Waals surface area contributed by atoms with Gasteiger partial charge in [0.25, 0.3) is 0 Å². The van der Waals surface area contributed by atoms with Crippen LogP contribution in [0.15, 0.2) is 65.7 Å². The molecular weight excluding hydrogens is 377 g/mol. The number of thioether (sulfide) groups is 1. The molecule has 28 heavy (non-hydrogen) atoms. The van der Waals surface area contributed by atoms with E-state index in [2.05, 4.69) is 20.6 Å². The van der Waals surface area contributed by atoms with Crippen LogP contribution in [-0.2, 0) is 4.79 Å². The molecule has 0 unspecified atom stereocenters. The van der Waals surface area contributed by atoms with Crippen molar-refractivity contribution in [2.75, 3.05) is 11.1 Å². The molecule has 0 radical (unpaired) electrons. The Morgan fingerprint density at radius 1 is 1.11 bits per heavy atom. The zero-order valence-electron chi connectivity index (χ0n) is 15.0. The van der Waals surface area contributed by atoms with Gasteiger partial charge in [0.1, 0.15) is 10.8 Å². The van der Waals surface area contributed by atoms with Crippen LogP contribution in [0.4, 0.5) is 10.1 Å². The van der Waals surface area contributed by atoms with Crippen LogP contribution in [0.1, 0.15) is 5.56 Å². The van der Waals surface area contributed by atoms with Crippen LogP contribution >= 0.6 is 11.8 Å². The molecule has 4 rings (SSSR count). The molecule has 2 aromatic carbocycles. The maximum absolute atomic E-state index is 13.5. The monoisotopic (exact) mass is 393 g/mol. The Hall–Kier alpha value is -3.26. The second-order valence-electron chi connectivity index (χ2n) is 6.18. The number of aryl methyl sites for hydroxylation is 1. The van der Waals surface area contributed by atoms with E-state index in [1.165, 1.54) is 23.9 Å². The van der Waals surface area contributed by atoms with Crippen molar-refractivity contribution < 1.29 is 9.18 Å². The maximum Gasteiger partial charge on any atom is 0.234 e. The highest BCUT2D eigenvalue weighted by atomic mass is 32.2. The predicted octanol–water partition coefficient (Wildman–Crippen LogP) is 3.97. The molecule has 0 atom stereocenters. The summed E-state index contributed by atoms with van der Waals surface area (Å²) in [5, 5.41) is 16.2. The first-order valence-electron chi connectivity index (χ1n) is 8.56. The van der Waals surface area contributed by atoms with Crippen LogP contribution in [0.2, 0.25) is 0 Å². The first kappa shape index (κ1) is 18.1. The molecule has 0 fully saturated rings. The maximum atomic E-state index is 13.5. The van der Waals surface area contributed by atoms with Gasteiger partial charge in [0.2, 0.25) is 5.91 Å². The van der Waals surface area contributed by atoms with Gasteiger partial charge in [-0.15, -0.1) is 10.2 Å². The first-order valence-corrected chi connectivity index (χ1v) is 9.55. The average molecular weight is 393 g/mol. The van der Waals surface area contributed by atoms with E-state index in [1.807, 2.05) is 31.2 Å². The quantitative estimate of drug-likeness (QED) is 0.520. The number of anilines is 1. The summed E-state index contributed by atoms with van der Waals surface area (Å²) < 4.78 is 15.1. The molecule has 8 heteroatoms. The number of nitrogens with one attached hydrogen (secondary N) is 1. The Morgan fingerprint density at radius 2 is 1.96 bits per heavy atom. The lowest BCUT2D eigenvalue weighted by Gasteiger charge is -2.06. The van der Waals surface area contributed by atoms with E-state index >= 15 is 0 Å². The summed E-state index contributed by atoms with van der Waals surface area (Å²) in [4.78, 5) is 12.2. The SMILES string of the molecule is Cc1cccc(NC(=O)CSc2ccc3nnc(-c4cccc(F)c4)n3n2)c1. The van der Waals surface area contributed by atoms with E-state index in [1.54, 1.807) is 28.8 Å². The third-order valence-corrected chi connectivity index (χ3v) is 4.89. The average Bonchev–Trinajstić information content (AvgIpc) is 3.10. The van der Waals surface area contributed by atoms with Crippen LogP contribution < -0.4 is 5.32 Å². The van der Waals surface area contributed by atoms with E-state index in [0.29, 0.717) is 22.1 Å². The highest BCUT2D eigenvalue weighted by Crippen LogP contribution is 2.21. The number of benzene rings is 2. The number of aromatic nitrogens is 4. The topological polar surface area (TPSA) is 72.2 Å². The fraction of sp³-hybridized carbons (Fsp3) is 0.100. The fourth-order valence-corrected chi connectivity index (χ4v) is 3.37. The molecule has 0 saturated carbocycles. The number of halogens is 1. The number of fused-ring (bicyclic) bond motifs is 1. The van der Waals surface area contributed by atoms with Crippen molar-refractivity contribution in [3.8, 4) is 11.4 Å². The van der Waals surface area contributed by atoms with Crippen molar-refractivity contribution in [1.29, 1.82) is 0 Å². The van der Waals surface area contributed by atoms with E-state index in [4.69, 9.17) is 0 Å². The lowest BCUT2D eigenvalue weighted by molar-refractivity contribution is -0.113. The van der Waals surface area contributed by atoms with E-state index < -0.39 is 0 Å². The van der Waals surface area contributed by atoms with Gasteiger partial charge in [-0.2, -0.15) is 9.61 Å². The van der Waals surface area contributed by atoms with Crippen molar-refractivity contribution in [2.24, 2.45) is 0 Å². The lowest BCUT2D eigenvalue weighted by Crippen LogP contribution is -2.14. The van der Waals surface area contributed by atoms with Crippen LogP contribution in [0, 0.1) is 12.7 Å². The van der Waals surface area contributed by atoms with E-state index in [-0.39, 0.29) is 17.5 Å². The Balaban J connectivity index is 1.50. The summed E-state index contributed by atoms with van der Waals surface area (Å²) in [6.07, 6.45) is 0.